The normalized spacial score (nSPS) is 20.5. The number of anilines is 1. The van der Waals surface area contributed by atoms with E-state index >= 15 is 4.39 Å². The van der Waals surface area contributed by atoms with E-state index in [1.54, 1.807) is 62.3 Å². The molecule has 0 saturated carbocycles. The molecule has 0 radical (unpaired) electrons. The highest BCUT2D eigenvalue weighted by Gasteiger charge is 2.50. The van der Waals surface area contributed by atoms with E-state index in [2.05, 4.69) is 10.1 Å². The molecule has 22 heteroatoms. The van der Waals surface area contributed by atoms with Gasteiger partial charge in [-0.15, -0.1) is 11.8 Å². The highest BCUT2D eigenvalue weighted by Crippen LogP contribution is 2.50. The fourth-order valence-electron chi connectivity index (χ4n) is 4.40. The van der Waals surface area contributed by atoms with E-state index in [1.165, 1.54) is 25.1 Å². The highest BCUT2D eigenvalue weighted by molar-refractivity contribution is 8.00. The Kier molecular flexibility index (Phi) is 14.7. The molecular formula is C33H44Cl2FN4O13PS. The largest absolute Gasteiger partial charge is 0.509 e. The van der Waals surface area contributed by atoms with Gasteiger partial charge in [0.1, 0.15) is 34.0 Å². The molecule has 0 bridgehead atoms. The van der Waals surface area contributed by atoms with Crippen LogP contribution >= 0.6 is 42.7 Å². The number of alkyl halides is 1. The Hall–Kier alpha value is -3.61. The molecule has 306 valence electrons. The van der Waals surface area contributed by atoms with Crippen molar-refractivity contribution in [3.63, 3.8) is 0 Å². The third kappa shape index (κ3) is 13.5. The molecule has 0 aliphatic carbocycles. The predicted octanol–water partition coefficient (Wildman–Crippen LogP) is 7.77. The van der Waals surface area contributed by atoms with E-state index < -0.39 is 95.9 Å². The van der Waals surface area contributed by atoms with Crippen molar-refractivity contribution in [3.8, 4) is 5.75 Å². The van der Waals surface area contributed by atoms with Crippen molar-refractivity contribution in [2.24, 2.45) is 0 Å². The molecule has 6 atom stereocenters. The van der Waals surface area contributed by atoms with Crippen LogP contribution in [0.4, 0.5) is 24.6 Å². The predicted molar refractivity (Wildman–Crippen MR) is 201 cm³/mol. The van der Waals surface area contributed by atoms with Gasteiger partial charge in [0, 0.05) is 12.3 Å². The molecule has 2 aromatic rings. The molecule has 3 rings (SSSR count). The number of carboxylic acid groups (broad SMARTS) is 1. The molecular weight excluding hydrogens is 813 g/mol. The maximum absolute atomic E-state index is 16.4. The van der Waals surface area contributed by atoms with E-state index in [1.807, 2.05) is 0 Å². The Balaban J connectivity index is 2.01. The molecule has 0 spiro atoms. The lowest BCUT2D eigenvalue weighted by molar-refractivity contribution is -0.138. The summed E-state index contributed by atoms with van der Waals surface area (Å²) >= 11 is 12.7. The number of benzene rings is 1. The molecule has 2 N–H and O–H groups in total. The number of carbonyl (C=O) groups is 4. The second-order valence-corrected chi connectivity index (χ2v) is 18.8. The minimum Gasteiger partial charge on any atom is -0.480 e. The second kappa shape index (κ2) is 17.7. The first kappa shape index (κ1) is 45.8. The van der Waals surface area contributed by atoms with Gasteiger partial charge < -0.3 is 28.6 Å². The SMILES string of the molecule is CC(NP(=O)(OC[C@H]1S[C@@H](n2ccc(N(C(=O)OC(C)(C)C)C(=O)OC(C)(C)C)nc2=O)[C@@H](F)[C@@H]1OC(=O)OC(C)(C)C)Oc1ccc(Cl)c(Cl)c1)C(=O)O. The lowest BCUT2D eigenvalue weighted by atomic mass is 10.1. The van der Waals surface area contributed by atoms with Crippen molar-refractivity contribution in [1.29, 1.82) is 0 Å². The monoisotopic (exact) mass is 856 g/mol. The number of hydrogen-bond donors (Lipinski definition) is 2. The zero-order valence-electron chi connectivity index (χ0n) is 31.7. The zero-order chi connectivity index (χ0) is 41.8. The summed E-state index contributed by atoms with van der Waals surface area (Å²) in [5.74, 6) is -2.04. The summed E-state index contributed by atoms with van der Waals surface area (Å²) in [6, 6.07) is 3.42. The van der Waals surface area contributed by atoms with E-state index in [9.17, 15) is 33.6 Å². The first-order chi connectivity index (χ1) is 25.1. The Labute approximate surface area is 331 Å². The summed E-state index contributed by atoms with van der Waals surface area (Å²) in [7, 11) is -4.63. The Morgan fingerprint density at radius 2 is 1.55 bits per heavy atom. The molecule has 1 aromatic carbocycles. The van der Waals surface area contributed by atoms with Gasteiger partial charge in [-0.25, -0.2) is 28.1 Å². The van der Waals surface area contributed by atoms with Gasteiger partial charge in [0.2, 0.25) is 0 Å². The number of aliphatic carboxylic acids is 1. The topological polar surface area (TPSA) is 211 Å². The molecule has 1 aliphatic rings. The number of nitrogens with zero attached hydrogens (tertiary/aromatic N) is 3. The van der Waals surface area contributed by atoms with Crippen molar-refractivity contribution in [2.45, 2.75) is 115 Å². The van der Waals surface area contributed by atoms with Gasteiger partial charge >= 0.3 is 37.7 Å². The van der Waals surface area contributed by atoms with Gasteiger partial charge in [-0.3, -0.25) is 13.9 Å². The lowest BCUT2D eigenvalue weighted by Gasteiger charge is -2.28. The molecule has 1 aromatic heterocycles. The van der Waals surface area contributed by atoms with Crippen molar-refractivity contribution in [3.05, 3.63) is 51.0 Å². The van der Waals surface area contributed by atoms with Crippen molar-refractivity contribution < 1.29 is 61.2 Å². The van der Waals surface area contributed by atoms with Gasteiger partial charge in [-0.05, 0) is 87.4 Å². The van der Waals surface area contributed by atoms with E-state index in [-0.39, 0.29) is 15.8 Å². The average molecular weight is 858 g/mol. The number of rotatable bonds is 11. The zero-order valence-corrected chi connectivity index (χ0v) is 34.9. The van der Waals surface area contributed by atoms with E-state index in [0.29, 0.717) is 16.7 Å². The molecule has 2 unspecified atom stereocenters. The number of nitrogens with one attached hydrogen (secondary N) is 1. The lowest BCUT2D eigenvalue weighted by Crippen LogP contribution is -2.45. The molecule has 2 amide bonds. The fraction of sp³-hybridized carbons (Fsp3) is 0.576. The summed E-state index contributed by atoms with van der Waals surface area (Å²) in [6.07, 6.45) is -6.51. The van der Waals surface area contributed by atoms with Gasteiger partial charge in [0.15, 0.2) is 18.1 Å². The molecule has 55 heavy (non-hydrogen) atoms. The van der Waals surface area contributed by atoms with Crippen LogP contribution in [0.15, 0.2) is 35.3 Å². The number of imide groups is 1. The summed E-state index contributed by atoms with van der Waals surface area (Å²) in [6.45, 7) is 14.4. The highest BCUT2D eigenvalue weighted by atomic mass is 35.5. The van der Waals surface area contributed by atoms with Crippen molar-refractivity contribution in [2.75, 3.05) is 11.5 Å². The average Bonchev–Trinajstić information content (AvgIpc) is 3.29. The van der Waals surface area contributed by atoms with Crippen LogP contribution in [0.2, 0.25) is 10.0 Å². The van der Waals surface area contributed by atoms with Crippen molar-refractivity contribution in [1.82, 2.24) is 14.6 Å². The summed E-state index contributed by atoms with van der Waals surface area (Å²) in [4.78, 5) is 68.4. The van der Waals surface area contributed by atoms with Gasteiger partial charge in [-0.1, -0.05) is 23.2 Å². The summed E-state index contributed by atoms with van der Waals surface area (Å²) in [5, 5.41) is 9.18. The Morgan fingerprint density at radius 3 is 2.04 bits per heavy atom. The third-order valence-electron chi connectivity index (χ3n) is 6.61. The molecule has 1 saturated heterocycles. The smallest absolute Gasteiger partial charge is 0.480 e. The minimum absolute atomic E-state index is 0.0164. The van der Waals surface area contributed by atoms with Crippen LogP contribution in [0.1, 0.15) is 74.6 Å². The minimum atomic E-state index is -4.63. The fourth-order valence-corrected chi connectivity index (χ4v) is 7.77. The molecule has 1 aliphatic heterocycles. The number of hydrogen-bond acceptors (Lipinski definition) is 14. The third-order valence-corrected chi connectivity index (χ3v) is 10.5. The van der Waals surface area contributed by atoms with Gasteiger partial charge in [0.05, 0.1) is 21.9 Å². The molecule has 1 fully saturated rings. The van der Waals surface area contributed by atoms with Crippen LogP contribution in [0.3, 0.4) is 0 Å². The van der Waals surface area contributed by atoms with Crippen molar-refractivity contribution >= 4 is 72.8 Å². The van der Waals surface area contributed by atoms with Crippen LogP contribution in [-0.2, 0) is 32.8 Å². The van der Waals surface area contributed by atoms with Crippen LogP contribution < -0.4 is 20.2 Å². The Bertz CT molecular complexity index is 1840. The summed E-state index contributed by atoms with van der Waals surface area (Å²) < 4.78 is 63.6. The van der Waals surface area contributed by atoms with Crippen LogP contribution in [0, 0.1) is 0 Å². The van der Waals surface area contributed by atoms with Crippen LogP contribution in [0.25, 0.3) is 0 Å². The number of carbonyl (C=O) groups excluding carboxylic acids is 3. The molecule has 17 nitrogen and oxygen atoms in total. The van der Waals surface area contributed by atoms with E-state index in [4.69, 9.17) is 51.2 Å². The maximum Gasteiger partial charge on any atom is 0.509 e. The number of amides is 2. The number of thioether (sulfide) groups is 1. The number of halogens is 3. The second-order valence-electron chi connectivity index (χ2n) is 15.0. The quantitative estimate of drug-likeness (QED) is 0.126. The maximum atomic E-state index is 16.4. The number of aromatic nitrogens is 2. The molecule has 2 heterocycles. The Morgan fingerprint density at radius 1 is 0.982 bits per heavy atom. The first-order valence-electron chi connectivity index (χ1n) is 16.5. The number of carboxylic acids is 1. The van der Waals surface area contributed by atoms with Crippen LogP contribution in [-0.4, -0.2) is 85.9 Å². The first-order valence-corrected chi connectivity index (χ1v) is 19.8. The van der Waals surface area contributed by atoms with E-state index in [0.717, 1.165) is 16.8 Å². The van der Waals surface area contributed by atoms with Gasteiger partial charge in [0.25, 0.3) is 0 Å². The summed E-state index contributed by atoms with van der Waals surface area (Å²) in [5.41, 5.74) is -4.32. The van der Waals surface area contributed by atoms with Crippen LogP contribution in [0.5, 0.6) is 5.75 Å². The van der Waals surface area contributed by atoms with Gasteiger partial charge in [-0.2, -0.15) is 15.0 Å². The standard InChI is InChI=1S/C33H44Cl2FN4O13PS/c1-17(26(41)42)38-54(47,53-18-11-12-19(34)20(35)15-18)48-16-21-24(49-30(46)52-33(8,9)10)23(36)25(55-21)39-14-13-22(37-27(39)43)40(28(44)50-31(2,3)4)29(45)51-32(5,6)7/h11-15,17,21,23-25H,16H2,1-10H3,(H,38,47)(H,41,42)/t17?,21-,23+,24-,25-,54?/m1/s1. The number of ether oxygens (including phenoxy) is 4.